The van der Waals surface area contributed by atoms with Gasteiger partial charge in [0, 0.05) is 25.9 Å². The van der Waals surface area contributed by atoms with Crippen LogP contribution in [0.4, 0.5) is 4.79 Å². The van der Waals surface area contributed by atoms with Gasteiger partial charge in [0.15, 0.2) is 5.78 Å². The number of ether oxygens (including phenoxy) is 2. The van der Waals surface area contributed by atoms with Gasteiger partial charge in [0.05, 0.1) is 12.0 Å². The first kappa shape index (κ1) is 16.9. The molecule has 0 unspecified atom stereocenters. The molecule has 1 aromatic carbocycles. The molecule has 6 heteroatoms. The van der Waals surface area contributed by atoms with Crippen molar-refractivity contribution in [1.82, 2.24) is 4.90 Å². The summed E-state index contributed by atoms with van der Waals surface area (Å²) in [6.07, 6.45) is 1.24. The molecule has 2 aliphatic heterocycles. The summed E-state index contributed by atoms with van der Waals surface area (Å²) in [5.74, 6) is 0.639. The standard InChI is InChI=1S/C18H22BNO4/c1-17(2,3)24-16(22)20-8-6-18(7-9-20)11-14(21)13-10-12(19)4-5-15(13)23-18/h4-5,10H,6-9,11H2,1-3H3. The summed E-state index contributed by atoms with van der Waals surface area (Å²) in [4.78, 5) is 26.3. The van der Waals surface area contributed by atoms with Gasteiger partial charge in [0.2, 0.25) is 0 Å². The van der Waals surface area contributed by atoms with Crippen LogP contribution in [-0.4, -0.2) is 48.9 Å². The molecule has 0 saturated carbocycles. The SMILES string of the molecule is [B]c1ccc2c(c1)C(=O)CC1(CCN(C(=O)OC(C)(C)C)CC1)O2. The smallest absolute Gasteiger partial charge is 0.410 e. The first-order valence-electron chi connectivity index (χ1n) is 8.27. The predicted molar refractivity (Wildman–Crippen MR) is 91.2 cm³/mol. The highest BCUT2D eigenvalue weighted by atomic mass is 16.6. The summed E-state index contributed by atoms with van der Waals surface area (Å²) < 4.78 is 11.6. The van der Waals surface area contributed by atoms with E-state index in [1.54, 1.807) is 23.1 Å². The Hall–Kier alpha value is -1.98. The molecule has 1 fully saturated rings. The van der Waals surface area contributed by atoms with E-state index in [-0.39, 0.29) is 11.9 Å². The number of piperidine rings is 1. The quantitative estimate of drug-likeness (QED) is 0.686. The molecule has 0 aliphatic carbocycles. The van der Waals surface area contributed by atoms with Gasteiger partial charge in [0.25, 0.3) is 0 Å². The normalized spacial score (nSPS) is 19.6. The van der Waals surface area contributed by atoms with E-state index in [9.17, 15) is 9.59 Å². The fourth-order valence-electron chi connectivity index (χ4n) is 3.21. The van der Waals surface area contributed by atoms with Crippen molar-refractivity contribution >= 4 is 25.2 Å². The van der Waals surface area contributed by atoms with Crippen molar-refractivity contribution in [2.24, 2.45) is 0 Å². The molecule has 126 valence electrons. The van der Waals surface area contributed by atoms with Crippen molar-refractivity contribution in [1.29, 1.82) is 0 Å². The minimum atomic E-state index is -0.529. The minimum Gasteiger partial charge on any atom is -0.486 e. The Bertz CT molecular complexity index is 672. The lowest BCUT2D eigenvalue weighted by atomic mass is 9.81. The molecule has 2 heterocycles. The number of hydrogen-bond donors (Lipinski definition) is 0. The molecule has 0 bridgehead atoms. The second kappa shape index (κ2) is 5.83. The number of carbonyl (C=O) groups is 2. The average Bonchev–Trinajstić information content (AvgIpc) is 2.47. The number of likely N-dealkylation sites (tertiary alicyclic amines) is 1. The maximum absolute atomic E-state index is 12.5. The summed E-state index contributed by atoms with van der Waals surface area (Å²) in [6, 6.07) is 5.16. The number of rotatable bonds is 0. The van der Waals surface area contributed by atoms with Crippen LogP contribution in [0.15, 0.2) is 18.2 Å². The molecule has 1 aromatic rings. The zero-order valence-electron chi connectivity index (χ0n) is 14.4. The van der Waals surface area contributed by atoms with Crippen molar-refractivity contribution in [2.45, 2.75) is 51.2 Å². The fraction of sp³-hybridized carbons (Fsp3) is 0.556. The highest BCUT2D eigenvalue weighted by Gasteiger charge is 2.44. The summed E-state index contributed by atoms with van der Waals surface area (Å²) >= 11 is 0. The van der Waals surface area contributed by atoms with Crippen LogP contribution in [0.3, 0.4) is 0 Å². The number of ketones is 1. The summed E-state index contributed by atoms with van der Waals surface area (Å²) in [5, 5.41) is 0. The number of fused-ring (bicyclic) bond motifs is 1. The van der Waals surface area contributed by atoms with E-state index in [1.807, 2.05) is 20.8 Å². The molecule has 24 heavy (non-hydrogen) atoms. The van der Waals surface area contributed by atoms with E-state index in [1.165, 1.54) is 0 Å². The second-order valence-corrected chi connectivity index (χ2v) is 7.61. The molecule has 2 aliphatic rings. The molecule has 0 N–H and O–H groups in total. The first-order valence-corrected chi connectivity index (χ1v) is 8.27. The van der Waals surface area contributed by atoms with Crippen molar-refractivity contribution in [3.63, 3.8) is 0 Å². The summed E-state index contributed by atoms with van der Waals surface area (Å²) in [5.41, 5.74) is 0.0674. The van der Waals surface area contributed by atoms with Crippen LogP contribution in [0.25, 0.3) is 0 Å². The summed E-state index contributed by atoms with van der Waals surface area (Å²) in [7, 11) is 5.75. The Kier molecular flexibility index (Phi) is 4.10. The Balaban J connectivity index is 1.69. The molecule has 3 rings (SSSR count). The van der Waals surface area contributed by atoms with Crippen molar-refractivity contribution < 1.29 is 19.1 Å². The van der Waals surface area contributed by atoms with Crippen LogP contribution in [0.1, 0.15) is 50.4 Å². The van der Waals surface area contributed by atoms with Crippen molar-refractivity contribution in [3.8, 4) is 5.75 Å². The molecule has 1 amide bonds. The number of hydrogen-bond acceptors (Lipinski definition) is 4. The van der Waals surface area contributed by atoms with Gasteiger partial charge in [-0.05, 0) is 26.8 Å². The van der Waals surface area contributed by atoms with E-state index in [4.69, 9.17) is 17.3 Å². The molecule has 0 aromatic heterocycles. The molecule has 5 nitrogen and oxygen atoms in total. The van der Waals surface area contributed by atoms with E-state index in [0.717, 1.165) is 0 Å². The van der Waals surface area contributed by atoms with Gasteiger partial charge in [-0.25, -0.2) is 4.79 Å². The maximum atomic E-state index is 12.5. The lowest BCUT2D eigenvalue weighted by Crippen LogP contribution is -2.53. The van der Waals surface area contributed by atoms with Crippen LogP contribution in [0.2, 0.25) is 0 Å². The number of amides is 1. The molecular weight excluding hydrogens is 305 g/mol. The van der Waals surface area contributed by atoms with Gasteiger partial charge in [-0.2, -0.15) is 0 Å². The highest BCUT2D eigenvalue weighted by molar-refractivity contribution is 6.32. The molecule has 0 atom stereocenters. The minimum absolute atomic E-state index is 0.0502. The van der Waals surface area contributed by atoms with Crippen molar-refractivity contribution in [2.75, 3.05) is 13.1 Å². The predicted octanol–water partition coefficient (Wildman–Crippen LogP) is 2.22. The first-order chi connectivity index (χ1) is 11.2. The Morgan fingerprint density at radius 3 is 2.58 bits per heavy atom. The third kappa shape index (κ3) is 3.42. The van der Waals surface area contributed by atoms with Crippen LogP contribution < -0.4 is 10.2 Å². The largest absolute Gasteiger partial charge is 0.486 e. The van der Waals surface area contributed by atoms with Crippen LogP contribution in [0.5, 0.6) is 5.75 Å². The third-order valence-corrected chi connectivity index (χ3v) is 4.44. The van der Waals surface area contributed by atoms with Crippen LogP contribution in [0, 0.1) is 0 Å². The van der Waals surface area contributed by atoms with E-state index >= 15 is 0 Å². The second-order valence-electron chi connectivity index (χ2n) is 7.61. The average molecular weight is 327 g/mol. The van der Waals surface area contributed by atoms with Crippen LogP contribution >= 0.6 is 0 Å². The van der Waals surface area contributed by atoms with Crippen LogP contribution in [-0.2, 0) is 4.74 Å². The number of carbonyl (C=O) groups excluding carboxylic acids is 2. The number of benzene rings is 1. The third-order valence-electron chi connectivity index (χ3n) is 4.44. The maximum Gasteiger partial charge on any atom is 0.410 e. The van der Waals surface area contributed by atoms with E-state index in [2.05, 4.69) is 0 Å². The Labute approximate surface area is 143 Å². The Morgan fingerprint density at radius 2 is 1.96 bits per heavy atom. The lowest BCUT2D eigenvalue weighted by Gasteiger charge is -2.44. The van der Waals surface area contributed by atoms with Gasteiger partial charge in [-0.1, -0.05) is 17.6 Å². The number of nitrogens with zero attached hydrogens (tertiary/aromatic N) is 1. The fourth-order valence-corrected chi connectivity index (χ4v) is 3.21. The van der Waals surface area contributed by atoms with Gasteiger partial charge >= 0.3 is 6.09 Å². The highest BCUT2D eigenvalue weighted by Crippen LogP contribution is 2.39. The van der Waals surface area contributed by atoms with Gasteiger partial charge in [-0.15, -0.1) is 0 Å². The zero-order valence-corrected chi connectivity index (χ0v) is 14.4. The van der Waals surface area contributed by atoms with Gasteiger partial charge in [-0.3, -0.25) is 4.79 Å². The van der Waals surface area contributed by atoms with Gasteiger partial charge < -0.3 is 14.4 Å². The molecule has 2 radical (unpaired) electrons. The lowest BCUT2D eigenvalue weighted by molar-refractivity contribution is -0.0226. The monoisotopic (exact) mass is 327 g/mol. The molecular formula is C18H22BNO4. The molecule has 1 saturated heterocycles. The van der Waals surface area contributed by atoms with Gasteiger partial charge in [0.1, 0.15) is 24.8 Å². The van der Waals surface area contributed by atoms with E-state index < -0.39 is 11.2 Å². The summed E-state index contributed by atoms with van der Waals surface area (Å²) in [6.45, 7) is 6.59. The molecule has 1 spiro atoms. The number of Topliss-reactive ketones (excluding diaryl/α,β-unsaturated/α-hetero) is 1. The van der Waals surface area contributed by atoms with E-state index in [0.29, 0.717) is 49.1 Å². The van der Waals surface area contributed by atoms with Crippen molar-refractivity contribution in [3.05, 3.63) is 23.8 Å². The Morgan fingerprint density at radius 1 is 1.29 bits per heavy atom. The topological polar surface area (TPSA) is 55.8 Å². The zero-order chi connectivity index (χ0) is 17.5.